The molecular weight excluding hydrogens is 368 g/mol. The van der Waals surface area contributed by atoms with Crippen LogP contribution in [0.5, 0.6) is 11.5 Å². The number of rotatable bonds is 5. The Morgan fingerprint density at radius 1 is 0.964 bits per heavy atom. The van der Waals surface area contributed by atoms with Crippen molar-refractivity contribution in [3.05, 3.63) is 77.6 Å². The number of ether oxygens (including phenoxy) is 2. The first-order valence-corrected chi connectivity index (χ1v) is 8.43. The van der Waals surface area contributed by atoms with E-state index in [0.29, 0.717) is 29.4 Å². The normalized spacial score (nSPS) is 11.9. The quantitative estimate of drug-likeness (QED) is 0.702. The number of nitrogens with zero attached hydrogens (tertiary/aromatic N) is 1. The second-order valence-electron chi connectivity index (χ2n) is 6.06. The van der Waals surface area contributed by atoms with Crippen molar-refractivity contribution in [2.24, 2.45) is 0 Å². The molecule has 2 heterocycles. The van der Waals surface area contributed by atoms with Crippen LogP contribution in [-0.4, -0.2) is 17.7 Å². The van der Waals surface area contributed by atoms with Crippen LogP contribution in [0, 0.1) is 11.6 Å². The summed E-state index contributed by atoms with van der Waals surface area (Å²) in [4.78, 5) is 16.4. The molecule has 1 aromatic heterocycles. The van der Waals surface area contributed by atoms with E-state index in [1.54, 1.807) is 12.1 Å². The molecular formula is C20H15F2N3O3. The van der Waals surface area contributed by atoms with E-state index >= 15 is 0 Å². The average Bonchev–Trinajstić information content (AvgIpc) is 3.17. The van der Waals surface area contributed by atoms with Crippen molar-refractivity contribution in [1.29, 1.82) is 0 Å². The van der Waals surface area contributed by atoms with E-state index in [1.165, 1.54) is 18.3 Å². The van der Waals surface area contributed by atoms with Gasteiger partial charge in [0.1, 0.15) is 5.69 Å². The van der Waals surface area contributed by atoms with Gasteiger partial charge >= 0.3 is 0 Å². The predicted molar refractivity (Wildman–Crippen MR) is 97.6 cm³/mol. The van der Waals surface area contributed by atoms with Crippen molar-refractivity contribution in [1.82, 2.24) is 10.3 Å². The van der Waals surface area contributed by atoms with Gasteiger partial charge in [-0.05, 0) is 42.0 Å². The van der Waals surface area contributed by atoms with E-state index in [4.69, 9.17) is 9.47 Å². The van der Waals surface area contributed by atoms with Gasteiger partial charge in [0.2, 0.25) is 6.79 Å². The molecule has 0 atom stereocenters. The predicted octanol–water partition coefficient (Wildman–Crippen LogP) is 3.76. The summed E-state index contributed by atoms with van der Waals surface area (Å²) in [7, 11) is 0. The standard InChI is InChI=1S/C20H15F2N3O3/c21-15-4-2-13(8-16(15)22)25-14-3-5-17(23-10-14)20(26)24-9-12-1-6-18-19(7-12)28-11-27-18/h1-8,10,25H,9,11H2,(H,24,26). The Labute approximate surface area is 159 Å². The maximum absolute atomic E-state index is 13.3. The minimum Gasteiger partial charge on any atom is -0.454 e. The lowest BCUT2D eigenvalue weighted by Crippen LogP contribution is -2.23. The van der Waals surface area contributed by atoms with Crippen LogP contribution >= 0.6 is 0 Å². The van der Waals surface area contributed by atoms with Crippen LogP contribution in [0.15, 0.2) is 54.7 Å². The lowest BCUT2D eigenvalue weighted by molar-refractivity contribution is 0.0946. The fourth-order valence-electron chi connectivity index (χ4n) is 2.67. The number of carbonyl (C=O) groups is 1. The zero-order chi connectivity index (χ0) is 19.5. The average molecular weight is 383 g/mol. The van der Waals surface area contributed by atoms with Crippen LogP contribution in [0.4, 0.5) is 20.2 Å². The first-order valence-electron chi connectivity index (χ1n) is 8.43. The lowest BCUT2D eigenvalue weighted by Gasteiger charge is -2.08. The molecule has 142 valence electrons. The molecule has 8 heteroatoms. The smallest absolute Gasteiger partial charge is 0.270 e. The fourth-order valence-corrected chi connectivity index (χ4v) is 2.67. The third-order valence-electron chi connectivity index (χ3n) is 4.09. The molecule has 2 N–H and O–H groups in total. The second kappa shape index (κ2) is 7.51. The Hall–Kier alpha value is -3.68. The number of hydrogen-bond acceptors (Lipinski definition) is 5. The van der Waals surface area contributed by atoms with Gasteiger partial charge in [-0.25, -0.2) is 13.8 Å². The fraction of sp³-hybridized carbons (Fsp3) is 0.100. The molecule has 1 aliphatic heterocycles. The molecule has 6 nitrogen and oxygen atoms in total. The summed E-state index contributed by atoms with van der Waals surface area (Å²) in [6.07, 6.45) is 1.44. The Balaban J connectivity index is 1.36. The molecule has 1 amide bonds. The van der Waals surface area contributed by atoms with Gasteiger partial charge in [0.05, 0.1) is 11.9 Å². The number of anilines is 2. The first kappa shape index (κ1) is 17.7. The molecule has 4 rings (SSSR count). The van der Waals surface area contributed by atoms with Gasteiger partial charge in [0, 0.05) is 18.3 Å². The highest BCUT2D eigenvalue weighted by molar-refractivity contribution is 5.92. The van der Waals surface area contributed by atoms with E-state index in [1.807, 2.05) is 12.1 Å². The van der Waals surface area contributed by atoms with Crippen molar-refractivity contribution >= 4 is 17.3 Å². The molecule has 0 saturated heterocycles. The lowest BCUT2D eigenvalue weighted by atomic mass is 10.2. The SMILES string of the molecule is O=C(NCc1ccc2c(c1)OCO2)c1ccc(Nc2ccc(F)c(F)c2)cn1. The van der Waals surface area contributed by atoms with Gasteiger partial charge in [0.15, 0.2) is 23.1 Å². The van der Waals surface area contributed by atoms with Crippen molar-refractivity contribution < 1.29 is 23.0 Å². The van der Waals surface area contributed by atoms with Crippen molar-refractivity contribution in [3.63, 3.8) is 0 Å². The number of carbonyl (C=O) groups excluding carboxylic acids is 1. The number of hydrogen-bond donors (Lipinski definition) is 2. The third kappa shape index (κ3) is 3.85. The molecule has 0 fully saturated rings. The highest BCUT2D eigenvalue weighted by Gasteiger charge is 2.14. The van der Waals surface area contributed by atoms with Crippen LogP contribution in [0.2, 0.25) is 0 Å². The van der Waals surface area contributed by atoms with E-state index in [9.17, 15) is 13.6 Å². The Morgan fingerprint density at radius 2 is 1.79 bits per heavy atom. The number of fused-ring (bicyclic) bond motifs is 1. The summed E-state index contributed by atoms with van der Waals surface area (Å²) in [6, 6.07) is 12.1. The molecule has 2 aromatic carbocycles. The summed E-state index contributed by atoms with van der Waals surface area (Å²) in [5.74, 6) is -0.869. The monoisotopic (exact) mass is 383 g/mol. The zero-order valence-corrected chi connectivity index (χ0v) is 14.5. The van der Waals surface area contributed by atoms with Gasteiger partial charge in [-0.2, -0.15) is 0 Å². The minimum atomic E-state index is -0.947. The second-order valence-corrected chi connectivity index (χ2v) is 6.06. The third-order valence-corrected chi connectivity index (χ3v) is 4.09. The Morgan fingerprint density at radius 3 is 2.57 bits per heavy atom. The summed E-state index contributed by atoms with van der Waals surface area (Å²) in [6.45, 7) is 0.506. The molecule has 1 aliphatic rings. The molecule has 3 aromatic rings. The van der Waals surface area contributed by atoms with Gasteiger partial charge < -0.3 is 20.1 Å². The molecule has 0 spiro atoms. The van der Waals surface area contributed by atoms with E-state index in [2.05, 4.69) is 15.6 Å². The van der Waals surface area contributed by atoms with Crippen LogP contribution in [0.1, 0.15) is 16.1 Å². The molecule has 0 radical (unpaired) electrons. The van der Waals surface area contributed by atoms with E-state index < -0.39 is 11.6 Å². The zero-order valence-electron chi connectivity index (χ0n) is 14.5. The maximum Gasteiger partial charge on any atom is 0.270 e. The number of aromatic nitrogens is 1. The molecule has 0 bridgehead atoms. The number of halogens is 2. The van der Waals surface area contributed by atoms with E-state index in [0.717, 1.165) is 17.7 Å². The maximum atomic E-state index is 13.3. The van der Waals surface area contributed by atoms with Crippen LogP contribution < -0.4 is 20.1 Å². The first-order chi connectivity index (χ1) is 13.6. The van der Waals surface area contributed by atoms with Crippen molar-refractivity contribution in [3.8, 4) is 11.5 Å². The topological polar surface area (TPSA) is 72.5 Å². The van der Waals surface area contributed by atoms with Crippen LogP contribution in [-0.2, 0) is 6.54 Å². The number of pyridine rings is 1. The van der Waals surface area contributed by atoms with Gasteiger partial charge in [-0.1, -0.05) is 6.07 Å². The molecule has 0 unspecified atom stereocenters. The summed E-state index contributed by atoms with van der Waals surface area (Å²) < 4.78 is 36.8. The van der Waals surface area contributed by atoms with Gasteiger partial charge in [0.25, 0.3) is 5.91 Å². The van der Waals surface area contributed by atoms with Crippen molar-refractivity contribution in [2.45, 2.75) is 6.54 Å². The molecule has 28 heavy (non-hydrogen) atoms. The largest absolute Gasteiger partial charge is 0.454 e. The molecule has 0 saturated carbocycles. The molecule has 0 aliphatic carbocycles. The Kier molecular flexibility index (Phi) is 4.76. The summed E-state index contributed by atoms with van der Waals surface area (Å²) >= 11 is 0. The van der Waals surface area contributed by atoms with Gasteiger partial charge in [-0.15, -0.1) is 0 Å². The van der Waals surface area contributed by atoms with E-state index in [-0.39, 0.29) is 18.4 Å². The number of benzene rings is 2. The minimum absolute atomic E-state index is 0.194. The van der Waals surface area contributed by atoms with Crippen LogP contribution in [0.25, 0.3) is 0 Å². The Bertz CT molecular complexity index is 1030. The van der Waals surface area contributed by atoms with Gasteiger partial charge in [-0.3, -0.25) is 4.79 Å². The summed E-state index contributed by atoms with van der Waals surface area (Å²) in [5.41, 5.74) is 2.02. The van der Waals surface area contributed by atoms with Crippen LogP contribution in [0.3, 0.4) is 0 Å². The number of amides is 1. The number of nitrogens with one attached hydrogen (secondary N) is 2. The summed E-state index contributed by atoms with van der Waals surface area (Å²) in [5, 5.41) is 5.67. The highest BCUT2D eigenvalue weighted by Crippen LogP contribution is 2.32. The van der Waals surface area contributed by atoms with Crippen molar-refractivity contribution in [2.75, 3.05) is 12.1 Å². The highest BCUT2D eigenvalue weighted by atomic mass is 19.2.